The van der Waals surface area contributed by atoms with Crippen LogP contribution in [-0.4, -0.2) is 51.0 Å². The van der Waals surface area contributed by atoms with Crippen LogP contribution < -0.4 is 15.1 Å². The summed E-state index contributed by atoms with van der Waals surface area (Å²) >= 11 is 0. The van der Waals surface area contributed by atoms with E-state index < -0.39 is 0 Å². The summed E-state index contributed by atoms with van der Waals surface area (Å²) in [7, 11) is 2.12. The third-order valence-electron chi connectivity index (χ3n) is 3.40. The summed E-state index contributed by atoms with van der Waals surface area (Å²) in [5.41, 5.74) is 2.47. The van der Waals surface area contributed by atoms with Crippen LogP contribution in [0.25, 0.3) is 0 Å². The number of benzene rings is 1. The Hall–Kier alpha value is -1.26. The summed E-state index contributed by atoms with van der Waals surface area (Å²) in [5.74, 6) is 0. The third-order valence-corrected chi connectivity index (χ3v) is 3.40. The maximum Gasteiger partial charge on any atom is 0.0839 e. The maximum atomic E-state index is 10.0. The molecular weight excluding hydrogens is 226 g/mol. The van der Waals surface area contributed by atoms with Gasteiger partial charge in [-0.15, -0.1) is 0 Å². The van der Waals surface area contributed by atoms with Crippen molar-refractivity contribution >= 4 is 11.4 Å². The topological polar surface area (TPSA) is 38.7 Å². The first-order valence-corrected chi connectivity index (χ1v) is 6.66. The minimum Gasteiger partial charge on any atom is -0.390 e. The first-order chi connectivity index (χ1) is 8.72. The standard InChI is InChI=1S/C14H23N3O/c1-3-15-10-12(18)11-17-9-8-16(2)13-6-4-5-7-14(13)17/h4-7,12,15,18H,3,8-11H2,1-2H3. The van der Waals surface area contributed by atoms with Gasteiger partial charge in [-0.2, -0.15) is 0 Å². The fraction of sp³-hybridized carbons (Fsp3) is 0.571. The van der Waals surface area contributed by atoms with Crippen molar-refractivity contribution in [3.05, 3.63) is 24.3 Å². The van der Waals surface area contributed by atoms with E-state index >= 15 is 0 Å². The van der Waals surface area contributed by atoms with E-state index in [9.17, 15) is 5.11 Å². The molecule has 1 unspecified atom stereocenters. The van der Waals surface area contributed by atoms with Gasteiger partial charge in [-0.25, -0.2) is 0 Å². The number of nitrogens with one attached hydrogen (secondary N) is 1. The number of para-hydroxylation sites is 2. The van der Waals surface area contributed by atoms with E-state index in [1.165, 1.54) is 11.4 Å². The molecule has 4 heteroatoms. The number of aliphatic hydroxyl groups excluding tert-OH is 1. The Balaban J connectivity index is 2.04. The van der Waals surface area contributed by atoms with Crippen molar-refractivity contribution in [3.8, 4) is 0 Å². The van der Waals surface area contributed by atoms with E-state index in [0.29, 0.717) is 13.1 Å². The lowest BCUT2D eigenvalue weighted by molar-refractivity contribution is 0.177. The lowest BCUT2D eigenvalue weighted by Crippen LogP contribution is -2.44. The highest BCUT2D eigenvalue weighted by atomic mass is 16.3. The molecule has 1 heterocycles. The molecule has 4 nitrogen and oxygen atoms in total. The number of likely N-dealkylation sites (N-methyl/N-ethyl adjacent to an activating group) is 2. The van der Waals surface area contributed by atoms with Crippen LogP contribution in [0.3, 0.4) is 0 Å². The van der Waals surface area contributed by atoms with Gasteiger partial charge in [-0.1, -0.05) is 19.1 Å². The minimum atomic E-state index is -0.318. The first-order valence-electron chi connectivity index (χ1n) is 6.66. The van der Waals surface area contributed by atoms with Gasteiger partial charge < -0.3 is 20.2 Å². The first kappa shape index (κ1) is 13.2. The van der Waals surface area contributed by atoms with Gasteiger partial charge in [-0.05, 0) is 18.7 Å². The van der Waals surface area contributed by atoms with Crippen LogP contribution in [0.1, 0.15) is 6.92 Å². The zero-order valence-corrected chi connectivity index (χ0v) is 11.3. The molecule has 18 heavy (non-hydrogen) atoms. The van der Waals surface area contributed by atoms with Gasteiger partial charge in [-0.3, -0.25) is 0 Å². The Morgan fingerprint density at radius 3 is 2.72 bits per heavy atom. The second-order valence-electron chi connectivity index (χ2n) is 4.82. The van der Waals surface area contributed by atoms with Crippen molar-refractivity contribution in [1.29, 1.82) is 0 Å². The summed E-state index contributed by atoms with van der Waals surface area (Å²) in [5, 5.41) is 13.2. The van der Waals surface area contributed by atoms with E-state index in [1.807, 2.05) is 0 Å². The van der Waals surface area contributed by atoms with E-state index in [4.69, 9.17) is 0 Å². The number of aliphatic hydroxyl groups is 1. The van der Waals surface area contributed by atoms with Gasteiger partial charge in [0.2, 0.25) is 0 Å². The van der Waals surface area contributed by atoms with Crippen molar-refractivity contribution in [1.82, 2.24) is 5.32 Å². The molecular formula is C14H23N3O. The molecule has 0 fully saturated rings. The van der Waals surface area contributed by atoms with Crippen LogP contribution in [0.4, 0.5) is 11.4 Å². The minimum absolute atomic E-state index is 0.318. The monoisotopic (exact) mass is 249 g/mol. The molecule has 0 aliphatic carbocycles. The van der Waals surface area contributed by atoms with E-state index in [0.717, 1.165) is 19.6 Å². The number of anilines is 2. The third kappa shape index (κ3) is 2.94. The lowest BCUT2D eigenvalue weighted by atomic mass is 10.1. The molecule has 2 rings (SSSR count). The van der Waals surface area contributed by atoms with Crippen molar-refractivity contribution < 1.29 is 5.11 Å². The molecule has 2 N–H and O–H groups in total. The average Bonchev–Trinajstić information content (AvgIpc) is 2.40. The number of nitrogens with zero attached hydrogens (tertiary/aromatic N) is 2. The molecule has 100 valence electrons. The molecule has 1 aliphatic heterocycles. The molecule has 0 saturated carbocycles. The number of hydrogen-bond acceptors (Lipinski definition) is 4. The molecule has 1 aromatic rings. The fourth-order valence-corrected chi connectivity index (χ4v) is 2.39. The molecule has 1 atom stereocenters. The Labute approximate surface area is 109 Å². The van der Waals surface area contributed by atoms with Crippen molar-refractivity contribution in [2.24, 2.45) is 0 Å². The summed E-state index contributed by atoms with van der Waals surface area (Å²) in [6.07, 6.45) is -0.318. The zero-order valence-electron chi connectivity index (χ0n) is 11.3. The highest BCUT2D eigenvalue weighted by Gasteiger charge is 2.21. The molecule has 1 aliphatic rings. The smallest absolute Gasteiger partial charge is 0.0839 e. The van der Waals surface area contributed by atoms with Crippen molar-refractivity contribution in [2.45, 2.75) is 13.0 Å². The van der Waals surface area contributed by atoms with Crippen molar-refractivity contribution in [3.63, 3.8) is 0 Å². The van der Waals surface area contributed by atoms with E-state index in [2.05, 4.69) is 53.4 Å². The van der Waals surface area contributed by atoms with Gasteiger partial charge in [0.05, 0.1) is 17.5 Å². The number of β-amino-alcohol motifs (C(OH)–C–C–N with tert-alkyl or cyclic N) is 1. The highest BCUT2D eigenvalue weighted by molar-refractivity contribution is 5.73. The largest absolute Gasteiger partial charge is 0.390 e. The summed E-state index contributed by atoms with van der Waals surface area (Å²) in [4.78, 5) is 4.54. The van der Waals surface area contributed by atoms with Gasteiger partial charge in [0, 0.05) is 33.2 Å². The van der Waals surface area contributed by atoms with Gasteiger partial charge in [0.25, 0.3) is 0 Å². The number of hydrogen-bond donors (Lipinski definition) is 2. The molecule has 0 radical (unpaired) electrons. The Morgan fingerprint density at radius 1 is 1.28 bits per heavy atom. The van der Waals surface area contributed by atoms with Crippen LogP contribution in [0.5, 0.6) is 0 Å². The molecule has 0 saturated heterocycles. The van der Waals surface area contributed by atoms with Crippen LogP contribution in [0.15, 0.2) is 24.3 Å². The van der Waals surface area contributed by atoms with E-state index in [-0.39, 0.29) is 6.10 Å². The van der Waals surface area contributed by atoms with Crippen LogP contribution in [0.2, 0.25) is 0 Å². The lowest BCUT2D eigenvalue weighted by Gasteiger charge is -2.38. The summed E-state index contributed by atoms with van der Waals surface area (Å²) < 4.78 is 0. The molecule has 1 aromatic carbocycles. The predicted octanol–water partition coefficient (Wildman–Crippen LogP) is 0.913. The average molecular weight is 249 g/mol. The predicted molar refractivity (Wildman–Crippen MR) is 76.5 cm³/mol. The van der Waals surface area contributed by atoms with Crippen LogP contribution in [0, 0.1) is 0 Å². The van der Waals surface area contributed by atoms with Gasteiger partial charge in [0.1, 0.15) is 0 Å². The van der Waals surface area contributed by atoms with Gasteiger partial charge >= 0.3 is 0 Å². The molecule has 0 aromatic heterocycles. The summed E-state index contributed by atoms with van der Waals surface area (Å²) in [6, 6.07) is 8.39. The number of fused-ring (bicyclic) bond motifs is 1. The molecule has 0 spiro atoms. The Kier molecular flexibility index (Phi) is 4.44. The quantitative estimate of drug-likeness (QED) is 0.814. The molecule has 0 bridgehead atoms. The highest BCUT2D eigenvalue weighted by Crippen LogP contribution is 2.31. The fourth-order valence-electron chi connectivity index (χ4n) is 2.39. The Bertz CT molecular complexity index is 383. The summed E-state index contributed by atoms with van der Waals surface area (Å²) in [6.45, 7) is 6.28. The van der Waals surface area contributed by atoms with E-state index in [1.54, 1.807) is 0 Å². The molecule has 0 amide bonds. The normalized spacial score (nSPS) is 16.6. The SMILES string of the molecule is CCNCC(O)CN1CCN(C)c2ccccc21. The second-order valence-corrected chi connectivity index (χ2v) is 4.82. The van der Waals surface area contributed by atoms with Crippen LogP contribution >= 0.6 is 0 Å². The van der Waals surface area contributed by atoms with Gasteiger partial charge in [0.15, 0.2) is 0 Å². The van der Waals surface area contributed by atoms with Crippen molar-refractivity contribution in [2.75, 3.05) is 49.6 Å². The Morgan fingerprint density at radius 2 is 2.00 bits per heavy atom. The second kappa shape index (κ2) is 6.07. The zero-order chi connectivity index (χ0) is 13.0. The van der Waals surface area contributed by atoms with Crippen LogP contribution in [-0.2, 0) is 0 Å². The maximum absolute atomic E-state index is 10.0. The number of rotatable bonds is 5.